The molecule has 3 nitrogen and oxygen atoms in total. The van der Waals surface area contributed by atoms with Crippen LogP contribution in [0.5, 0.6) is 0 Å². The Labute approximate surface area is 111 Å². The molecular weight excluding hydrogens is 226 g/mol. The van der Waals surface area contributed by atoms with Crippen molar-refractivity contribution in [3.63, 3.8) is 0 Å². The molecule has 1 N–H and O–H groups in total. The summed E-state index contributed by atoms with van der Waals surface area (Å²) in [5.74, 6) is 2.11. The maximum atomic E-state index is 12.0. The Morgan fingerprint density at radius 3 is 2.67 bits per heavy atom. The highest BCUT2D eigenvalue weighted by Gasteiger charge is 2.49. The lowest BCUT2D eigenvalue weighted by atomic mass is 9.57. The third-order valence-corrected chi connectivity index (χ3v) is 5.28. The first-order chi connectivity index (χ1) is 8.54. The Bertz CT molecular complexity index is 318. The Hall–Kier alpha value is -0.570. The van der Waals surface area contributed by atoms with Gasteiger partial charge in [0.25, 0.3) is 0 Å². The summed E-state index contributed by atoms with van der Waals surface area (Å²) in [6.07, 6.45) is 5.80. The van der Waals surface area contributed by atoms with Gasteiger partial charge in [0.2, 0.25) is 0 Å². The number of fused-ring (bicyclic) bond motifs is 2. The molecule has 0 aromatic carbocycles. The van der Waals surface area contributed by atoms with Crippen LogP contribution in [0.25, 0.3) is 0 Å². The van der Waals surface area contributed by atoms with Crippen molar-refractivity contribution in [1.82, 2.24) is 5.32 Å². The average Bonchev–Trinajstić information content (AvgIpc) is 2.36. The monoisotopic (exact) mass is 253 g/mol. The van der Waals surface area contributed by atoms with Crippen LogP contribution in [0.3, 0.4) is 0 Å². The second kappa shape index (κ2) is 5.20. The number of nitrogens with one attached hydrogen (secondary N) is 1. The van der Waals surface area contributed by atoms with E-state index in [-0.39, 0.29) is 11.4 Å². The van der Waals surface area contributed by atoms with E-state index >= 15 is 0 Å². The highest BCUT2D eigenvalue weighted by atomic mass is 16.5. The van der Waals surface area contributed by atoms with Crippen molar-refractivity contribution in [3.8, 4) is 0 Å². The molecular formula is C15H27NO2. The zero-order chi connectivity index (χ0) is 13.3. The Balaban J connectivity index is 2.17. The summed E-state index contributed by atoms with van der Waals surface area (Å²) in [7, 11) is 3.58. The van der Waals surface area contributed by atoms with Gasteiger partial charge in [0.05, 0.1) is 12.5 Å². The fourth-order valence-electron chi connectivity index (χ4n) is 4.61. The summed E-state index contributed by atoms with van der Waals surface area (Å²) in [5, 5.41) is 3.50. The maximum Gasteiger partial charge on any atom is 0.311 e. The summed E-state index contributed by atoms with van der Waals surface area (Å²) in [6.45, 7) is 4.38. The minimum Gasteiger partial charge on any atom is -0.469 e. The fourth-order valence-corrected chi connectivity index (χ4v) is 4.61. The van der Waals surface area contributed by atoms with E-state index in [9.17, 15) is 4.79 Å². The zero-order valence-electron chi connectivity index (χ0n) is 12.2. The van der Waals surface area contributed by atoms with Crippen molar-refractivity contribution in [1.29, 1.82) is 0 Å². The third-order valence-electron chi connectivity index (χ3n) is 5.28. The van der Waals surface area contributed by atoms with Crippen LogP contribution < -0.4 is 5.32 Å². The maximum absolute atomic E-state index is 12.0. The van der Waals surface area contributed by atoms with Crippen molar-refractivity contribution in [2.45, 2.75) is 52.0 Å². The van der Waals surface area contributed by atoms with Crippen LogP contribution in [0.1, 0.15) is 46.0 Å². The quantitative estimate of drug-likeness (QED) is 0.786. The molecule has 18 heavy (non-hydrogen) atoms. The molecule has 0 aromatic heterocycles. The van der Waals surface area contributed by atoms with Gasteiger partial charge >= 0.3 is 5.97 Å². The topological polar surface area (TPSA) is 38.3 Å². The van der Waals surface area contributed by atoms with Gasteiger partial charge in [0.15, 0.2) is 0 Å². The van der Waals surface area contributed by atoms with Crippen molar-refractivity contribution in [3.05, 3.63) is 0 Å². The second-order valence-electron chi connectivity index (χ2n) is 6.54. The average molecular weight is 253 g/mol. The van der Waals surface area contributed by atoms with Gasteiger partial charge in [-0.25, -0.2) is 0 Å². The Kier molecular flexibility index (Phi) is 4.00. The van der Waals surface area contributed by atoms with Gasteiger partial charge in [-0.2, -0.15) is 0 Å². The van der Waals surface area contributed by atoms with Gasteiger partial charge < -0.3 is 10.1 Å². The second-order valence-corrected chi connectivity index (χ2v) is 6.54. The highest BCUT2D eigenvalue weighted by molar-refractivity contribution is 5.76. The molecule has 0 radical (unpaired) electrons. The van der Waals surface area contributed by atoms with Crippen LogP contribution in [-0.2, 0) is 9.53 Å². The van der Waals surface area contributed by atoms with Crippen molar-refractivity contribution >= 4 is 5.97 Å². The molecule has 2 aliphatic carbocycles. The molecule has 0 aromatic rings. The minimum absolute atomic E-state index is 0.0120. The molecule has 5 atom stereocenters. The molecule has 0 saturated heterocycles. The Morgan fingerprint density at radius 1 is 1.39 bits per heavy atom. The number of rotatable bonds is 3. The van der Waals surface area contributed by atoms with Crippen LogP contribution in [0.2, 0.25) is 0 Å². The molecule has 0 heterocycles. The number of hydrogen-bond donors (Lipinski definition) is 1. The highest BCUT2D eigenvalue weighted by Crippen LogP contribution is 2.51. The normalized spacial score (nSPS) is 43.6. The molecule has 0 aliphatic heterocycles. The van der Waals surface area contributed by atoms with Crippen LogP contribution in [0, 0.1) is 23.2 Å². The number of hydrogen-bond acceptors (Lipinski definition) is 3. The number of methoxy groups -OCH3 is 1. The van der Waals surface area contributed by atoms with Gasteiger partial charge in [0, 0.05) is 6.04 Å². The first kappa shape index (κ1) is 13.9. The first-order valence-corrected chi connectivity index (χ1v) is 7.29. The first-order valence-electron chi connectivity index (χ1n) is 7.29. The predicted molar refractivity (Wildman–Crippen MR) is 72.2 cm³/mol. The largest absolute Gasteiger partial charge is 0.469 e. The molecule has 2 bridgehead atoms. The smallest absolute Gasteiger partial charge is 0.311 e. The van der Waals surface area contributed by atoms with Crippen LogP contribution in [-0.4, -0.2) is 26.2 Å². The van der Waals surface area contributed by atoms with Gasteiger partial charge in [-0.15, -0.1) is 0 Å². The SMILES string of the molecule is CCC1CC2CC(CC(C)(C(=O)OC)C2)C1NC. The number of esters is 1. The van der Waals surface area contributed by atoms with E-state index in [0.717, 1.165) is 18.8 Å². The van der Waals surface area contributed by atoms with Gasteiger partial charge in [-0.1, -0.05) is 13.3 Å². The van der Waals surface area contributed by atoms with E-state index in [0.29, 0.717) is 17.9 Å². The van der Waals surface area contributed by atoms with Gasteiger partial charge in [0.1, 0.15) is 0 Å². The van der Waals surface area contributed by atoms with E-state index in [4.69, 9.17) is 4.74 Å². The van der Waals surface area contributed by atoms with E-state index in [1.807, 2.05) is 0 Å². The standard InChI is InChI=1S/C15H27NO2/c1-5-11-6-10-7-12(13(11)16-3)9-15(2,8-10)14(17)18-4/h10-13,16H,5-9H2,1-4H3. The van der Waals surface area contributed by atoms with E-state index in [1.165, 1.54) is 26.4 Å². The number of carbonyl (C=O) groups is 1. The molecule has 5 unspecified atom stereocenters. The van der Waals surface area contributed by atoms with E-state index in [2.05, 4.69) is 26.2 Å². The molecule has 104 valence electrons. The van der Waals surface area contributed by atoms with Crippen LogP contribution in [0.4, 0.5) is 0 Å². The molecule has 2 rings (SSSR count). The van der Waals surface area contributed by atoms with Crippen molar-refractivity contribution < 1.29 is 9.53 Å². The summed E-state index contributed by atoms with van der Waals surface area (Å²) in [5.41, 5.74) is -0.254. The zero-order valence-corrected chi connectivity index (χ0v) is 12.2. The van der Waals surface area contributed by atoms with Crippen LogP contribution in [0.15, 0.2) is 0 Å². The molecule has 2 aliphatic rings. The summed E-state index contributed by atoms with van der Waals surface area (Å²) >= 11 is 0. The number of ether oxygens (including phenoxy) is 1. The van der Waals surface area contributed by atoms with E-state index in [1.54, 1.807) is 0 Å². The fraction of sp³-hybridized carbons (Fsp3) is 0.933. The summed E-state index contributed by atoms with van der Waals surface area (Å²) in [6, 6.07) is 0.579. The lowest BCUT2D eigenvalue weighted by Gasteiger charge is -2.50. The number of carbonyl (C=O) groups excluding carboxylic acids is 1. The van der Waals surface area contributed by atoms with Gasteiger partial charge in [-0.3, -0.25) is 4.79 Å². The molecule has 2 saturated carbocycles. The molecule has 3 heteroatoms. The van der Waals surface area contributed by atoms with Crippen molar-refractivity contribution in [2.24, 2.45) is 23.2 Å². The molecule has 0 amide bonds. The predicted octanol–water partition coefficient (Wildman–Crippen LogP) is 2.60. The lowest BCUT2D eigenvalue weighted by Crippen LogP contribution is -2.52. The Morgan fingerprint density at radius 2 is 2.11 bits per heavy atom. The van der Waals surface area contributed by atoms with Crippen molar-refractivity contribution in [2.75, 3.05) is 14.2 Å². The summed E-state index contributed by atoms with van der Waals surface area (Å²) < 4.78 is 5.02. The molecule has 0 spiro atoms. The third kappa shape index (κ3) is 2.29. The summed E-state index contributed by atoms with van der Waals surface area (Å²) in [4.78, 5) is 12.0. The minimum atomic E-state index is -0.254. The van der Waals surface area contributed by atoms with Gasteiger partial charge in [-0.05, 0) is 57.4 Å². The molecule has 2 fully saturated rings. The lowest BCUT2D eigenvalue weighted by molar-refractivity contribution is -0.158. The van der Waals surface area contributed by atoms with E-state index < -0.39 is 0 Å². The van der Waals surface area contributed by atoms with Crippen LogP contribution >= 0.6 is 0 Å².